The molecule has 1 amide bonds. The van der Waals surface area contributed by atoms with Gasteiger partial charge in [-0.05, 0) is 47.4 Å². The van der Waals surface area contributed by atoms with Gasteiger partial charge in [-0.15, -0.1) is 0 Å². The third-order valence-corrected chi connectivity index (χ3v) is 3.69. The number of anilines is 1. The first-order chi connectivity index (χ1) is 9.70. The molecule has 0 fully saturated rings. The number of hydrogen-bond acceptors (Lipinski definition) is 4. The smallest absolute Gasteiger partial charge is 0.228 e. The number of aromatic hydroxyl groups is 1. The van der Waals surface area contributed by atoms with Crippen molar-refractivity contribution >= 4 is 33.2 Å². The summed E-state index contributed by atoms with van der Waals surface area (Å²) < 4.78 is 5.19. The molecule has 0 radical (unpaired) electrons. The Morgan fingerprint density at radius 3 is 3.00 bits per heavy atom. The summed E-state index contributed by atoms with van der Waals surface area (Å²) in [6.07, 6.45) is 2.01. The Morgan fingerprint density at radius 1 is 1.25 bits per heavy atom. The fourth-order valence-electron chi connectivity index (χ4n) is 2.01. The molecule has 0 atom stereocenters. The Kier molecular flexibility index (Phi) is 3.35. The number of aromatic nitrogens is 1. The van der Waals surface area contributed by atoms with Crippen LogP contribution >= 0.6 is 11.5 Å². The fourth-order valence-corrected chi connectivity index (χ4v) is 2.63. The van der Waals surface area contributed by atoms with Crippen molar-refractivity contribution in [1.82, 2.24) is 4.37 Å². The standard InChI is InChI=1S/C15H12N2O2S/c18-13-3-1-2-10(6-13)7-15(19)17-12-4-5-14-11(8-12)9-16-20-14/h1-6,8-9,18H,7H2,(H,17,19). The lowest BCUT2D eigenvalue weighted by atomic mass is 10.1. The first kappa shape index (κ1) is 12.6. The van der Waals surface area contributed by atoms with Gasteiger partial charge in [0.05, 0.1) is 11.1 Å². The van der Waals surface area contributed by atoms with Crippen molar-refractivity contribution in [3.8, 4) is 5.75 Å². The Morgan fingerprint density at radius 2 is 2.15 bits per heavy atom. The molecular formula is C15H12N2O2S. The molecule has 1 aromatic heterocycles. The van der Waals surface area contributed by atoms with Crippen LogP contribution in [0.25, 0.3) is 10.1 Å². The molecule has 4 nitrogen and oxygen atoms in total. The molecule has 20 heavy (non-hydrogen) atoms. The van der Waals surface area contributed by atoms with Crippen LogP contribution in [0.4, 0.5) is 5.69 Å². The molecule has 0 unspecified atom stereocenters. The molecule has 0 saturated carbocycles. The number of carbonyl (C=O) groups excluding carboxylic acids is 1. The van der Waals surface area contributed by atoms with Gasteiger partial charge in [0.1, 0.15) is 5.75 Å². The lowest BCUT2D eigenvalue weighted by Gasteiger charge is -2.05. The van der Waals surface area contributed by atoms with E-state index in [0.29, 0.717) is 0 Å². The van der Waals surface area contributed by atoms with Crippen molar-refractivity contribution in [1.29, 1.82) is 0 Å². The molecule has 3 aromatic rings. The average Bonchev–Trinajstić information content (AvgIpc) is 2.86. The van der Waals surface area contributed by atoms with E-state index in [-0.39, 0.29) is 18.1 Å². The number of nitrogens with one attached hydrogen (secondary N) is 1. The molecule has 3 rings (SSSR count). The van der Waals surface area contributed by atoms with E-state index in [1.165, 1.54) is 11.5 Å². The van der Waals surface area contributed by atoms with Crippen LogP contribution < -0.4 is 5.32 Å². The Balaban J connectivity index is 1.72. The Hall–Kier alpha value is -2.40. The number of phenolic OH excluding ortho intramolecular Hbond substituents is 1. The number of carbonyl (C=O) groups is 1. The zero-order valence-corrected chi connectivity index (χ0v) is 11.4. The molecule has 2 N–H and O–H groups in total. The third-order valence-electron chi connectivity index (χ3n) is 2.91. The van der Waals surface area contributed by atoms with E-state index < -0.39 is 0 Å². The molecule has 0 aliphatic heterocycles. The van der Waals surface area contributed by atoms with E-state index >= 15 is 0 Å². The number of hydrogen-bond donors (Lipinski definition) is 2. The summed E-state index contributed by atoms with van der Waals surface area (Å²) in [6, 6.07) is 12.4. The highest BCUT2D eigenvalue weighted by Crippen LogP contribution is 2.22. The largest absolute Gasteiger partial charge is 0.508 e. The number of phenols is 1. The van der Waals surface area contributed by atoms with Gasteiger partial charge in [0, 0.05) is 17.3 Å². The molecule has 100 valence electrons. The van der Waals surface area contributed by atoms with Gasteiger partial charge >= 0.3 is 0 Å². The van der Waals surface area contributed by atoms with Crippen molar-refractivity contribution < 1.29 is 9.90 Å². The summed E-state index contributed by atoms with van der Waals surface area (Å²) in [7, 11) is 0. The Bertz CT molecular complexity index is 767. The van der Waals surface area contributed by atoms with E-state index in [1.54, 1.807) is 24.4 Å². The van der Waals surface area contributed by atoms with Crippen LogP contribution in [0, 0.1) is 0 Å². The van der Waals surface area contributed by atoms with Gasteiger partial charge in [-0.3, -0.25) is 4.79 Å². The summed E-state index contributed by atoms with van der Waals surface area (Å²) in [6.45, 7) is 0. The third kappa shape index (κ3) is 2.78. The van der Waals surface area contributed by atoms with E-state index in [9.17, 15) is 9.90 Å². The number of amides is 1. The van der Waals surface area contributed by atoms with E-state index in [1.807, 2.05) is 24.3 Å². The van der Waals surface area contributed by atoms with Crippen LogP contribution in [0.3, 0.4) is 0 Å². The zero-order chi connectivity index (χ0) is 13.9. The fraction of sp³-hybridized carbons (Fsp3) is 0.0667. The van der Waals surface area contributed by atoms with Crippen molar-refractivity contribution in [3.63, 3.8) is 0 Å². The van der Waals surface area contributed by atoms with Gasteiger partial charge in [0.25, 0.3) is 0 Å². The topological polar surface area (TPSA) is 62.2 Å². The molecule has 0 bridgehead atoms. The number of nitrogens with zero attached hydrogens (tertiary/aromatic N) is 1. The summed E-state index contributed by atoms with van der Waals surface area (Å²) in [4.78, 5) is 12.0. The van der Waals surface area contributed by atoms with E-state index in [2.05, 4.69) is 9.69 Å². The number of rotatable bonds is 3. The maximum atomic E-state index is 12.0. The highest BCUT2D eigenvalue weighted by Gasteiger charge is 2.06. The molecule has 5 heteroatoms. The van der Waals surface area contributed by atoms with Gasteiger partial charge in [-0.1, -0.05) is 12.1 Å². The average molecular weight is 284 g/mol. The maximum absolute atomic E-state index is 12.0. The highest BCUT2D eigenvalue weighted by atomic mass is 32.1. The first-order valence-corrected chi connectivity index (χ1v) is 6.90. The highest BCUT2D eigenvalue weighted by molar-refractivity contribution is 7.13. The maximum Gasteiger partial charge on any atom is 0.228 e. The molecule has 0 spiro atoms. The van der Waals surface area contributed by atoms with Crippen LogP contribution in [0.5, 0.6) is 5.75 Å². The van der Waals surface area contributed by atoms with Gasteiger partial charge in [-0.2, -0.15) is 4.37 Å². The first-order valence-electron chi connectivity index (χ1n) is 6.13. The Labute approximate surface area is 119 Å². The van der Waals surface area contributed by atoms with Crippen LogP contribution in [-0.2, 0) is 11.2 Å². The minimum absolute atomic E-state index is 0.113. The lowest BCUT2D eigenvalue weighted by Crippen LogP contribution is -2.14. The zero-order valence-electron chi connectivity index (χ0n) is 10.5. The second-order valence-corrected chi connectivity index (χ2v) is 5.31. The number of fused-ring (bicyclic) bond motifs is 1. The monoisotopic (exact) mass is 284 g/mol. The van der Waals surface area contributed by atoms with Gasteiger partial charge in [0.15, 0.2) is 0 Å². The van der Waals surface area contributed by atoms with E-state index in [4.69, 9.17) is 0 Å². The second-order valence-electron chi connectivity index (χ2n) is 4.47. The second kappa shape index (κ2) is 5.30. The van der Waals surface area contributed by atoms with Gasteiger partial charge < -0.3 is 10.4 Å². The molecule has 0 aliphatic carbocycles. The minimum atomic E-state index is -0.113. The van der Waals surface area contributed by atoms with Gasteiger partial charge in [-0.25, -0.2) is 0 Å². The van der Waals surface area contributed by atoms with Crippen LogP contribution in [0.2, 0.25) is 0 Å². The van der Waals surface area contributed by atoms with Gasteiger partial charge in [0.2, 0.25) is 5.91 Å². The molecular weight excluding hydrogens is 272 g/mol. The summed E-state index contributed by atoms with van der Waals surface area (Å²) in [5, 5.41) is 13.2. The van der Waals surface area contributed by atoms with Crippen molar-refractivity contribution in [2.45, 2.75) is 6.42 Å². The quantitative estimate of drug-likeness (QED) is 0.776. The normalized spacial score (nSPS) is 10.6. The molecule has 2 aromatic carbocycles. The number of benzene rings is 2. The summed E-state index contributed by atoms with van der Waals surface area (Å²) in [5.74, 6) is 0.0548. The molecule has 0 aliphatic rings. The van der Waals surface area contributed by atoms with E-state index in [0.717, 1.165) is 21.3 Å². The molecule has 0 saturated heterocycles. The lowest BCUT2D eigenvalue weighted by molar-refractivity contribution is -0.115. The summed E-state index contributed by atoms with van der Waals surface area (Å²) in [5.41, 5.74) is 1.53. The minimum Gasteiger partial charge on any atom is -0.508 e. The van der Waals surface area contributed by atoms with Crippen LogP contribution in [-0.4, -0.2) is 15.4 Å². The van der Waals surface area contributed by atoms with Crippen molar-refractivity contribution in [2.24, 2.45) is 0 Å². The van der Waals surface area contributed by atoms with Crippen LogP contribution in [0.1, 0.15) is 5.56 Å². The predicted molar refractivity (Wildman–Crippen MR) is 80.1 cm³/mol. The molecule has 1 heterocycles. The van der Waals surface area contributed by atoms with Crippen LogP contribution in [0.15, 0.2) is 48.7 Å². The summed E-state index contributed by atoms with van der Waals surface area (Å²) >= 11 is 1.43. The predicted octanol–water partition coefficient (Wildman–Crippen LogP) is 3.18. The van der Waals surface area contributed by atoms with Crippen molar-refractivity contribution in [2.75, 3.05) is 5.32 Å². The van der Waals surface area contributed by atoms with Crippen molar-refractivity contribution in [3.05, 3.63) is 54.2 Å². The SMILES string of the molecule is O=C(Cc1cccc(O)c1)Nc1ccc2sncc2c1.